The molecule has 3 nitrogen and oxygen atoms in total. The van der Waals surface area contributed by atoms with Gasteiger partial charge < -0.3 is 4.84 Å². The molecule has 0 N–H and O–H groups in total. The van der Waals surface area contributed by atoms with E-state index >= 15 is 0 Å². The normalized spacial score (nSPS) is 17.7. The zero-order valence-corrected chi connectivity index (χ0v) is 17.1. The van der Waals surface area contributed by atoms with Crippen LogP contribution in [0.4, 0.5) is 0 Å². The number of benzene rings is 2. The van der Waals surface area contributed by atoms with Crippen molar-refractivity contribution in [2.45, 2.75) is 5.92 Å². The van der Waals surface area contributed by atoms with Crippen LogP contribution in [0.5, 0.6) is 0 Å². The first kappa shape index (κ1) is 20.2. The Labute approximate surface area is 178 Å². The van der Waals surface area contributed by atoms with Gasteiger partial charge in [-0.15, -0.1) is 0 Å². The fourth-order valence-corrected chi connectivity index (χ4v) is 3.69. The summed E-state index contributed by atoms with van der Waals surface area (Å²) in [6.07, 6.45) is 5.20. The van der Waals surface area contributed by atoms with Gasteiger partial charge in [0.1, 0.15) is 12.8 Å². The van der Waals surface area contributed by atoms with Crippen molar-refractivity contribution in [2.75, 3.05) is 7.11 Å². The minimum atomic E-state index is -0.696. The highest BCUT2D eigenvalue weighted by Gasteiger charge is 2.27. The first-order valence-electron chi connectivity index (χ1n) is 8.36. The summed E-state index contributed by atoms with van der Waals surface area (Å²) in [5.74, 6) is -0.696. The lowest BCUT2D eigenvalue weighted by Crippen LogP contribution is -2.11. The zero-order chi connectivity index (χ0) is 20.1. The maximum Gasteiger partial charge on any atom is 0.110 e. The van der Waals surface area contributed by atoms with Crippen LogP contribution < -0.4 is 0 Å². The lowest BCUT2D eigenvalue weighted by atomic mass is 9.82. The number of nitrogens with zero attached hydrogens (tertiary/aromatic N) is 2. The average Bonchev–Trinajstić information content (AvgIpc) is 2.69. The number of rotatable bonds is 4. The topological polar surface area (TPSA) is 45.4 Å². The molecule has 0 spiro atoms. The van der Waals surface area contributed by atoms with Crippen LogP contribution in [0.3, 0.4) is 0 Å². The number of nitriles is 1. The van der Waals surface area contributed by atoms with Gasteiger partial charge in [-0.2, -0.15) is 5.26 Å². The standard InChI is InChI=1S/C22H15Cl3N2O/c1-28-27-21-11-10-14(23)12-17(21)22(16-7-3-5-9-20(16)25)18(13-26)15-6-2-4-8-19(15)24/h2-12,18H,1H3/b22-17?,27-21-. The Morgan fingerprint density at radius 1 is 1.00 bits per heavy atom. The molecule has 0 aliphatic heterocycles. The first-order valence-corrected chi connectivity index (χ1v) is 9.50. The van der Waals surface area contributed by atoms with Crippen molar-refractivity contribution < 1.29 is 4.84 Å². The summed E-state index contributed by atoms with van der Waals surface area (Å²) in [5.41, 5.74) is 3.21. The summed E-state index contributed by atoms with van der Waals surface area (Å²) in [6.45, 7) is 0. The number of oxime groups is 1. The molecule has 1 aliphatic rings. The summed E-state index contributed by atoms with van der Waals surface area (Å²) in [7, 11) is 1.46. The number of hydrogen-bond acceptors (Lipinski definition) is 3. The largest absolute Gasteiger partial charge is 0.399 e. The Hall–Kier alpha value is -2.51. The third-order valence-corrected chi connectivity index (χ3v) is 5.15. The molecule has 0 amide bonds. The van der Waals surface area contributed by atoms with Crippen LogP contribution in [-0.4, -0.2) is 12.8 Å². The second-order valence-electron chi connectivity index (χ2n) is 5.91. The van der Waals surface area contributed by atoms with E-state index in [0.717, 1.165) is 0 Å². The number of hydrogen-bond donors (Lipinski definition) is 0. The van der Waals surface area contributed by atoms with Crippen LogP contribution in [0, 0.1) is 11.3 Å². The molecular weight excluding hydrogens is 415 g/mol. The highest BCUT2D eigenvalue weighted by Crippen LogP contribution is 2.41. The van der Waals surface area contributed by atoms with E-state index in [1.807, 2.05) is 36.4 Å². The average molecular weight is 430 g/mol. The van der Waals surface area contributed by atoms with Crippen LogP contribution in [-0.2, 0) is 4.84 Å². The quantitative estimate of drug-likeness (QED) is 0.505. The molecule has 0 radical (unpaired) electrons. The number of halogens is 3. The van der Waals surface area contributed by atoms with Gasteiger partial charge in [0.15, 0.2) is 0 Å². The monoisotopic (exact) mass is 428 g/mol. The molecule has 2 aromatic rings. The lowest BCUT2D eigenvalue weighted by molar-refractivity contribution is 0.214. The van der Waals surface area contributed by atoms with Gasteiger partial charge >= 0.3 is 0 Å². The van der Waals surface area contributed by atoms with Crippen LogP contribution in [0.1, 0.15) is 17.0 Å². The smallest absolute Gasteiger partial charge is 0.110 e. The molecule has 0 heterocycles. The van der Waals surface area contributed by atoms with Gasteiger partial charge in [0, 0.05) is 20.7 Å². The third kappa shape index (κ3) is 4.15. The maximum absolute atomic E-state index is 10.1. The fourth-order valence-electron chi connectivity index (χ4n) is 3.04. The van der Waals surface area contributed by atoms with E-state index in [-0.39, 0.29) is 0 Å². The Bertz CT molecular complexity index is 1060. The molecule has 1 unspecified atom stereocenters. The van der Waals surface area contributed by atoms with E-state index in [2.05, 4.69) is 11.2 Å². The van der Waals surface area contributed by atoms with E-state index in [1.54, 1.807) is 30.4 Å². The van der Waals surface area contributed by atoms with E-state index in [1.165, 1.54) is 7.11 Å². The van der Waals surface area contributed by atoms with Crippen LogP contribution in [0.15, 0.2) is 82.5 Å². The van der Waals surface area contributed by atoms with Crippen LogP contribution in [0.25, 0.3) is 5.57 Å². The molecule has 1 aliphatic carbocycles. The molecule has 1 atom stereocenters. The van der Waals surface area contributed by atoms with Crippen LogP contribution >= 0.6 is 34.8 Å². The van der Waals surface area contributed by atoms with Crippen molar-refractivity contribution in [3.8, 4) is 6.07 Å². The van der Waals surface area contributed by atoms with Crippen molar-refractivity contribution in [3.05, 3.63) is 98.5 Å². The van der Waals surface area contributed by atoms with Gasteiger partial charge in [-0.3, -0.25) is 0 Å². The molecule has 140 valence electrons. The molecule has 0 saturated heterocycles. The van der Waals surface area contributed by atoms with Gasteiger partial charge in [0.05, 0.1) is 12.0 Å². The van der Waals surface area contributed by atoms with Crippen molar-refractivity contribution in [2.24, 2.45) is 5.16 Å². The van der Waals surface area contributed by atoms with Crippen molar-refractivity contribution >= 4 is 46.1 Å². The summed E-state index contributed by atoms with van der Waals surface area (Å²) in [6, 6.07) is 16.9. The Morgan fingerprint density at radius 3 is 2.32 bits per heavy atom. The maximum atomic E-state index is 10.1. The molecule has 2 aromatic carbocycles. The molecule has 28 heavy (non-hydrogen) atoms. The van der Waals surface area contributed by atoms with Crippen molar-refractivity contribution in [1.82, 2.24) is 0 Å². The molecule has 0 fully saturated rings. The summed E-state index contributed by atoms with van der Waals surface area (Å²) in [5, 5.41) is 15.7. The minimum absolute atomic E-state index is 0.492. The predicted octanol–water partition coefficient (Wildman–Crippen LogP) is 6.75. The molecule has 0 aromatic heterocycles. The van der Waals surface area contributed by atoms with Crippen molar-refractivity contribution in [1.29, 1.82) is 5.26 Å². The van der Waals surface area contributed by atoms with Gasteiger partial charge in [-0.1, -0.05) is 76.4 Å². The van der Waals surface area contributed by atoms with Gasteiger partial charge in [0.25, 0.3) is 0 Å². The summed E-state index contributed by atoms with van der Waals surface area (Å²) in [4.78, 5) is 4.99. The molecular formula is C22H15Cl3N2O. The Morgan fingerprint density at radius 2 is 1.68 bits per heavy atom. The Kier molecular flexibility index (Phi) is 6.59. The predicted molar refractivity (Wildman–Crippen MR) is 116 cm³/mol. The molecule has 3 rings (SSSR count). The van der Waals surface area contributed by atoms with E-state index in [0.29, 0.717) is 43.1 Å². The van der Waals surface area contributed by atoms with E-state index < -0.39 is 5.92 Å². The summed E-state index contributed by atoms with van der Waals surface area (Å²) < 4.78 is 0. The van der Waals surface area contributed by atoms with Crippen molar-refractivity contribution in [3.63, 3.8) is 0 Å². The highest BCUT2D eigenvalue weighted by atomic mass is 35.5. The molecule has 0 saturated carbocycles. The number of allylic oxidation sites excluding steroid dienone is 6. The molecule has 6 heteroatoms. The second kappa shape index (κ2) is 9.12. The SMILES string of the molecule is CO/N=C1/C=CC(Cl)=CC1=C(c1ccccc1Cl)C(C#N)c1ccccc1Cl. The fraction of sp³-hybridized carbons (Fsp3) is 0.0909. The van der Waals surface area contributed by atoms with Crippen LogP contribution in [0.2, 0.25) is 10.0 Å². The molecule has 0 bridgehead atoms. The minimum Gasteiger partial charge on any atom is -0.399 e. The van der Waals surface area contributed by atoms with E-state index in [4.69, 9.17) is 39.6 Å². The highest BCUT2D eigenvalue weighted by molar-refractivity contribution is 6.35. The van der Waals surface area contributed by atoms with E-state index in [9.17, 15) is 5.26 Å². The second-order valence-corrected chi connectivity index (χ2v) is 7.16. The first-order chi connectivity index (χ1) is 13.6. The van der Waals surface area contributed by atoms with Gasteiger partial charge in [0.2, 0.25) is 0 Å². The third-order valence-electron chi connectivity index (χ3n) is 4.24. The lowest BCUT2D eigenvalue weighted by Gasteiger charge is -2.22. The van der Waals surface area contributed by atoms with Gasteiger partial charge in [-0.25, -0.2) is 0 Å². The Balaban J connectivity index is 2.38. The zero-order valence-electron chi connectivity index (χ0n) is 14.9. The summed E-state index contributed by atoms with van der Waals surface area (Å²) >= 11 is 19.2. The van der Waals surface area contributed by atoms with Gasteiger partial charge in [-0.05, 0) is 47.1 Å².